The van der Waals surface area contributed by atoms with E-state index in [-0.39, 0.29) is 11.4 Å². The number of ether oxygens (including phenoxy) is 1. The van der Waals surface area contributed by atoms with Crippen LogP contribution < -0.4 is 4.74 Å². The molecule has 0 aliphatic rings. The number of nitrogens with zero attached hydrogens (tertiary/aromatic N) is 1. The quantitative estimate of drug-likeness (QED) is 0.600. The summed E-state index contributed by atoms with van der Waals surface area (Å²) in [5.41, 5.74) is -0.121. The molecule has 0 spiro atoms. The van der Waals surface area contributed by atoms with Crippen molar-refractivity contribution in [3.05, 3.63) is 62.1 Å². The molecular weight excluding hydrogens is 321 g/mol. The summed E-state index contributed by atoms with van der Waals surface area (Å²) in [4.78, 5) is 10.4. The van der Waals surface area contributed by atoms with Crippen LogP contribution in [0.15, 0.2) is 46.9 Å². The maximum Gasteiger partial charge on any atom is 0.312 e. The minimum absolute atomic E-state index is 0.121. The standard InChI is InChI=1S/C12H7BrClNO3/c13-8-5-6-12(10(7-8)15(16)17)18-11-4-2-1-3-9(11)14/h1-7H. The number of rotatable bonds is 3. The minimum Gasteiger partial charge on any atom is -0.449 e. The third kappa shape index (κ3) is 2.80. The van der Waals surface area contributed by atoms with Gasteiger partial charge in [-0.15, -0.1) is 0 Å². The van der Waals surface area contributed by atoms with E-state index in [1.165, 1.54) is 12.1 Å². The monoisotopic (exact) mass is 327 g/mol. The molecule has 0 radical (unpaired) electrons. The Kier molecular flexibility index (Phi) is 3.84. The molecule has 0 N–H and O–H groups in total. The predicted octanol–water partition coefficient (Wildman–Crippen LogP) is 4.80. The van der Waals surface area contributed by atoms with Crippen LogP contribution in [0, 0.1) is 10.1 Å². The van der Waals surface area contributed by atoms with Crippen LogP contribution in [0.4, 0.5) is 5.69 Å². The molecule has 0 atom stereocenters. The number of halogens is 2. The molecule has 0 aliphatic carbocycles. The number of nitro benzene ring substituents is 1. The fourth-order valence-corrected chi connectivity index (χ4v) is 1.89. The third-order valence-corrected chi connectivity index (χ3v) is 2.98. The first-order chi connectivity index (χ1) is 8.58. The van der Waals surface area contributed by atoms with Crippen molar-refractivity contribution in [1.29, 1.82) is 0 Å². The lowest BCUT2D eigenvalue weighted by Gasteiger charge is -2.07. The van der Waals surface area contributed by atoms with Crippen molar-refractivity contribution in [3.63, 3.8) is 0 Å². The third-order valence-electron chi connectivity index (χ3n) is 2.17. The van der Waals surface area contributed by atoms with Crippen molar-refractivity contribution in [3.8, 4) is 11.5 Å². The van der Waals surface area contributed by atoms with Crippen LogP contribution in [-0.4, -0.2) is 4.92 Å². The van der Waals surface area contributed by atoms with Crippen LogP contribution >= 0.6 is 27.5 Å². The summed E-state index contributed by atoms with van der Waals surface area (Å²) in [5, 5.41) is 11.3. The molecule has 92 valence electrons. The molecule has 0 unspecified atom stereocenters. The van der Waals surface area contributed by atoms with Gasteiger partial charge in [-0.1, -0.05) is 39.7 Å². The van der Waals surface area contributed by atoms with Gasteiger partial charge in [-0.25, -0.2) is 0 Å². The number of benzene rings is 2. The largest absolute Gasteiger partial charge is 0.449 e. The molecular formula is C12H7BrClNO3. The minimum atomic E-state index is -0.503. The summed E-state index contributed by atoms with van der Waals surface area (Å²) in [6.07, 6.45) is 0. The summed E-state index contributed by atoms with van der Waals surface area (Å²) in [7, 11) is 0. The van der Waals surface area contributed by atoms with E-state index in [9.17, 15) is 10.1 Å². The van der Waals surface area contributed by atoms with Gasteiger partial charge in [0.1, 0.15) is 5.75 Å². The Morgan fingerprint density at radius 2 is 1.89 bits per heavy atom. The Morgan fingerprint density at radius 3 is 2.56 bits per heavy atom. The Labute approximate surface area is 116 Å². The van der Waals surface area contributed by atoms with Gasteiger partial charge in [0.25, 0.3) is 0 Å². The van der Waals surface area contributed by atoms with Gasteiger partial charge >= 0.3 is 5.69 Å². The van der Waals surface area contributed by atoms with Crippen molar-refractivity contribution < 1.29 is 9.66 Å². The van der Waals surface area contributed by atoms with Gasteiger partial charge in [0.2, 0.25) is 5.75 Å². The van der Waals surface area contributed by atoms with Crippen LogP contribution in [-0.2, 0) is 0 Å². The summed E-state index contributed by atoms with van der Waals surface area (Å²) in [5.74, 6) is 0.529. The molecule has 2 aromatic rings. The zero-order chi connectivity index (χ0) is 13.1. The van der Waals surface area contributed by atoms with Gasteiger partial charge < -0.3 is 4.74 Å². The highest BCUT2D eigenvalue weighted by atomic mass is 79.9. The SMILES string of the molecule is O=[N+]([O-])c1cc(Br)ccc1Oc1ccccc1Cl. The van der Waals surface area contributed by atoms with E-state index in [0.717, 1.165) is 0 Å². The maximum atomic E-state index is 10.9. The number of hydrogen-bond donors (Lipinski definition) is 0. The molecule has 18 heavy (non-hydrogen) atoms. The Morgan fingerprint density at radius 1 is 1.17 bits per heavy atom. The molecule has 6 heteroatoms. The van der Waals surface area contributed by atoms with Crippen LogP contribution in [0.3, 0.4) is 0 Å². The topological polar surface area (TPSA) is 52.4 Å². The average Bonchev–Trinajstić information content (AvgIpc) is 2.34. The second-order valence-corrected chi connectivity index (χ2v) is 4.72. The molecule has 0 bridgehead atoms. The lowest BCUT2D eigenvalue weighted by Crippen LogP contribution is -1.93. The van der Waals surface area contributed by atoms with E-state index in [4.69, 9.17) is 16.3 Å². The smallest absolute Gasteiger partial charge is 0.312 e. The van der Waals surface area contributed by atoms with Crippen molar-refractivity contribution in [2.75, 3.05) is 0 Å². The highest BCUT2D eigenvalue weighted by molar-refractivity contribution is 9.10. The van der Waals surface area contributed by atoms with E-state index < -0.39 is 4.92 Å². The highest BCUT2D eigenvalue weighted by Crippen LogP contribution is 2.36. The summed E-state index contributed by atoms with van der Waals surface area (Å²) < 4.78 is 6.07. The van der Waals surface area contributed by atoms with E-state index in [1.54, 1.807) is 30.3 Å². The Hall–Kier alpha value is -1.59. The number of para-hydroxylation sites is 1. The second kappa shape index (κ2) is 5.37. The van der Waals surface area contributed by atoms with Gasteiger partial charge in [-0.3, -0.25) is 10.1 Å². The van der Waals surface area contributed by atoms with Gasteiger partial charge in [0.05, 0.1) is 9.95 Å². The van der Waals surface area contributed by atoms with Crippen LogP contribution in [0.25, 0.3) is 0 Å². The predicted molar refractivity (Wildman–Crippen MR) is 72.3 cm³/mol. The molecule has 2 rings (SSSR count). The average molecular weight is 329 g/mol. The van der Waals surface area contributed by atoms with Crippen molar-refractivity contribution in [2.45, 2.75) is 0 Å². The van der Waals surface area contributed by atoms with Crippen LogP contribution in [0.2, 0.25) is 5.02 Å². The van der Waals surface area contributed by atoms with Gasteiger partial charge in [-0.05, 0) is 24.3 Å². The molecule has 0 fully saturated rings. The van der Waals surface area contributed by atoms with E-state index in [1.807, 2.05) is 0 Å². The normalized spacial score (nSPS) is 10.1. The Balaban J connectivity index is 2.41. The number of hydrogen-bond acceptors (Lipinski definition) is 3. The molecule has 0 saturated heterocycles. The molecule has 0 saturated carbocycles. The van der Waals surface area contributed by atoms with Crippen molar-refractivity contribution in [2.24, 2.45) is 0 Å². The van der Waals surface area contributed by atoms with Gasteiger partial charge in [0.15, 0.2) is 0 Å². The van der Waals surface area contributed by atoms with E-state index in [2.05, 4.69) is 15.9 Å². The summed E-state index contributed by atoms with van der Waals surface area (Å²) >= 11 is 9.11. The molecule has 0 heterocycles. The molecule has 0 amide bonds. The van der Waals surface area contributed by atoms with Crippen LogP contribution in [0.1, 0.15) is 0 Å². The number of nitro groups is 1. The molecule has 4 nitrogen and oxygen atoms in total. The fourth-order valence-electron chi connectivity index (χ4n) is 1.37. The first-order valence-electron chi connectivity index (χ1n) is 4.94. The first kappa shape index (κ1) is 12.9. The van der Waals surface area contributed by atoms with Gasteiger partial charge in [-0.2, -0.15) is 0 Å². The van der Waals surface area contributed by atoms with E-state index >= 15 is 0 Å². The second-order valence-electron chi connectivity index (χ2n) is 3.40. The summed E-state index contributed by atoms with van der Waals surface area (Å²) in [6, 6.07) is 11.4. The zero-order valence-corrected chi connectivity index (χ0v) is 11.3. The molecule has 0 aliphatic heterocycles. The molecule has 2 aromatic carbocycles. The maximum absolute atomic E-state index is 10.9. The van der Waals surface area contributed by atoms with Crippen molar-refractivity contribution in [1.82, 2.24) is 0 Å². The van der Waals surface area contributed by atoms with Crippen LogP contribution in [0.5, 0.6) is 11.5 Å². The highest BCUT2D eigenvalue weighted by Gasteiger charge is 2.17. The Bertz CT molecular complexity index is 604. The van der Waals surface area contributed by atoms with Gasteiger partial charge in [0, 0.05) is 10.5 Å². The molecule has 0 aromatic heterocycles. The first-order valence-corrected chi connectivity index (χ1v) is 6.11. The summed E-state index contributed by atoms with van der Waals surface area (Å²) in [6.45, 7) is 0. The fraction of sp³-hybridized carbons (Fsp3) is 0. The lowest BCUT2D eigenvalue weighted by molar-refractivity contribution is -0.385. The lowest BCUT2D eigenvalue weighted by atomic mass is 10.3. The van der Waals surface area contributed by atoms with E-state index in [0.29, 0.717) is 15.2 Å². The van der Waals surface area contributed by atoms with Crippen molar-refractivity contribution >= 4 is 33.2 Å². The zero-order valence-electron chi connectivity index (χ0n) is 8.97.